The number of rotatable bonds is 5. The predicted molar refractivity (Wildman–Crippen MR) is 95.6 cm³/mol. The van der Waals surface area contributed by atoms with Crippen LogP contribution in [0.4, 0.5) is 0 Å². The first-order valence-corrected chi connectivity index (χ1v) is 8.17. The summed E-state index contributed by atoms with van der Waals surface area (Å²) in [4.78, 5) is 20.8. The third kappa shape index (κ3) is 3.88. The molecule has 7 nitrogen and oxygen atoms in total. The van der Waals surface area contributed by atoms with Gasteiger partial charge in [0.2, 0.25) is 5.82 Å². The molecular weight excluding hydrogens is 316 g/mol. The van der Waals surface area contributed by atoms with Gasteiger partial charge in [-0.3, -0.25) is 4.79 Å². The lowest BCUT2D eigenvalue weighted by Crippen LogP contribution is -2.21. The van der Waals surface area contributed by atoms with E-state index in [0.717, 1.165) is 29.1 Å². The smallest absolute Gasteiger partial charge is 0.264 e. The van der Waals surface area contributed by atoms with Crippen molar-refractivity contribution >= 4 is 17.4 Å². The van der Waals surface area contributed by atoms with Gasteiger partial charge in [-0.1, -0.05) is 37.3 Å². The summed E-state index contributed by atoms with van der Waals surface area (Å²) in [6.45, 7) is 5.78. The largest absolute Gasteiger partial charge is 0.311 e. The van der Waals surface area contributed by atoms with Crippen molar-refractivity contribution in [2.75, 3.05) is 0 Å². The average Bonchev–Trinajstić information content (AvgIpc) is 3.03. The molecule has 128 valence electrons. The highest BCUT2D eigenvalue weighted by Gasteiger charge is 2.14. The Kier molecular flexibility index (Phi) is 4.83. The SMILES string of the molecule is CC/C(Cc1ccccc1)=N/NC(=O)c1nc2nc(C)cc(C)n2n1. The van der Waals surface area contributed by atoms with Crippen LogP contribution in [0.1, 0.15) is 40.9 Å². The average molecular weight is 336 g/mol. The number of hydrogen-bond acceptors (Lipinski definition) is 5. The molecule has 0 aliphatic carbocycles. The number of benzene rings is 1. The van der Waals surface area contributed by atoms with Gasteiger partial charge < -0.3 is 0 Å². The molecule has 0 saturated heterocycles. The Morgan fingerprint density at radius 1 is 1.20 bits per heavy atom. The van der Waals surface area contributed by atoms with Gasteiger partial charge in [-0.25, -0.2) is 14.9 Å². The van der Waals surface area contributed by atoms with Crippen molar-refractivity contribution in [2.45, 2.75) is 33.6 Å². The van der Waals surface area contributed by atoms with Gasteiger partial charge in [-0.15, -0.1) is 5.10 Å². The molecule has 0 aliphatic heterocycles. The lowest BCUT2D eigenvalue weighted by molar-refractivity contribution is 0.0944. The lowest BCUT2D eigenvalue weighted by atomic mass is 10.1. The zero-order valence-corrected chi connectivity index (χ0v) is 14.5. The van der Waals surface area contributed by atoms with E-state index in [1.165, 1.54) is 0 Å². The number of fused-ring (bicyclic) bond motifs is 1. The number of nitrogens with one attached hydrogen (secondary N) is 1. The molecule has 1 amide bonds. The van der Waals surface area contributed by atoms with Crippen LogP contribution < -0.4 is 5.43 Å². The molecule has 0 bridgehead atoms. The maximum absolute atomic E-state index is 12.3. The quantitative estimate of drug-likeness (QED) is 0.573. The number of aryl methyl sites for hydroxylation is 2. The van der Waals surface area contributed by atoms with Crippen molar-refractivity contribution in [2.24, 2.45) is 5.10 Å². The van der Waals surface area contributed by atoms with Crippen LogP contribution in [0.2, 0.25) is 0 Å². The van der Waals surface area contributed by atoms with E-state index in [1.54, 1.807) is 4.52 Å². The third-order valence-electron chi connectivity index (χ3n) is 3.80. The fourth-order valence-electron chi connectivity index (χ4n) is 2.52. The van der Waals surface area contributed by atoms with Crippen molar-refractivity contribution in [1.82, 2.24) is 25.0 Å². The first kappa shape index (κ1) is 16.8. The molecule has 2 aromatic heterocycles. The zero-order valence-electron chi connectivity index (χ0n) is 14.5. The van der Waals surface area contributed by atoms with Crippen LogP contribution in [0.5, 0.6) is 0 Å². The van der Waals surface area contributed by atoms with Crippen LogP contribution in [0.3, 0.4) is 0 Å². The molecule has 3 rings (SSSR count). The molecule has 0 unspecified atom stereocenters. The highest BCUT2D eigenvalue weighted by molar-refractivity contribution is 5.93. The molecule has 7 heteroatoms. The van der Waals surface area contributed by atoms with Crippen molar-refractivity contribution in [3.05, 3.63) is 59.2 Å². The molecule has 1 aromatic carbocycles. The number of hydrazone groups is 1. The molecule has 3 aromatic rings. The van der Waals surface area contributed by atoms with Gasteiger partial charge in [0.15, 0.2) is 0 Å². The van der Waals surface area contributed by atoms with E-state index in [4.69, 9.17) is 0 Å². The van der Waals surface area contributed by atoms with Crippen LogP contribution in [-0.4, -0.2) is 31.2 Å². The standard InChI is InChI=1S/C18H20N6O/c1-4-15(11-14-8-6-5-7-9-14)21-22-17(25)16-20-18-19-12(2)10-13(3)24(18)23-16/h5-10H,4,11H2,1-3H3,(H,22,25)/b21-15-. The normalized spacial score (nSPS) is 11.7. The van der Waals surface area contributed by atoms with E-state index in [9.17, 15) is 4.79 Å². The van der Waals surface area contributed by atoms with Crippen LogP contribution >= 0.6 is 0 Å². The van der Waals surface area contributed by atoms with Crippen molar-refractivity contribution in [1.29, 1.82) is 0 Å². The molecule has 2 heterocycles. The molecular formula is C18H20N6O. The fraction of sp³-hybridized carbons (Fsp3) is 0.278. The van der Waals surface area contributed by atoms with E-state index in [0.29, 0.717) is 12.2 Å². The van der Waals surface area contributed by atoms with Crippen LogP contribution in [0, 0.1) is 13.8 Å². The first-order chi connectivity index (χ1) is 12.1. The summed E-state index contributed by atoms with van der Waals surface area (Å²) < 4.78 is 1.55. The Bertz CT molecular complexity index is 929. The summed E-state index contributed by atoms with van der Waals surface area (Å²) in [6, 6.07) is 11.9. The van der Waals surface area contributed by atoms with Gasteiger partial charge in [0.1, 0.15) is 0 Å². The molecule has 1 N–H and O–H groups in total. The van der Waals surface area contributed by atoms with Crippen molar-refractivity contribution in [3.63, 3.8) is 0 Å². The minimum atomic E-state index is -0.443. The highest BCUT2D eigenvalue weighted by atomic mass is 16.2. The number of carbonyl (C=O) groups is 1. The Morgan fingerprint density at radius 3 is 2.68 bits per heavy atom. The van der Waals surface area contributed by atoms with E-state index >= 15 is 0 Å². The molecule has 0 fully saturated rings. The van der Waals surface area contributed by atoms with Gasteiger partial charge in [0.25, 0.3) is 5.78 Å². The molecule has 0 atom stereocenters. The van der Waals surface area contributed by atoms with Crippen molar-refractivity contribution < 1.29 is 4.79 Å². The van der Waals surface area contributed by atoms with Gasteiger partial charge in [-0.05, 0) is 31.9 Å². The van der Waals surface area contributed by atoms with Gasteiger partial charge in [0, 0.05) is 23.5 Å². The zero-order chi connectivity index (χ0) is 17.8. The number of carbonyl (C=O) groups excluding carboxylic acids is 1. The lowest BCUT2D eigenvalue weighted by Gasteiger charge is -2.04. The van der Waals surface area contributed by atoms with E-state index in [1.807, 2.05) is 57.2 Å². The Morgan fingerprint density at radius 2 is 1.96 bits per heavy atom. The minimum Gasteiger partial charge on any atom is -0.264 e. The summed E-state index contributed by atoms with van der Waals surface area (Å²) in [7, 11) is 0. The molecule has 25 heavy (non-hydrogen) atoms. The topological polar surface area (TPSA) is 84.5 Å². The summed E-state index contributed by atoms with van der Waals surface area (Å²) in [5.74, 6) is 0.0216. The number of amides is 1. The minimum absolute atomic E-state index is 0.0557. The summed E-state index contributed by atoms with van der Waals surface area (Å²) in [5.41, 5.74) is 6.29. The summed E-state index contributed by atoms with van der Waals surface area (Å²) in [5, 5.41) is 8.43. The Labute approximate surface area is 145 Å². The highest BCUT2D eigenvalue weighted by Crippen LogP contribution is 2.06. The maximum Gasteiger partial charge on any atom is 0.311 e. The molecule has 0 spiro atoms. The number of aromatic nitrogens is 4. The number of nitrogens with zero attached hydrogens (tertiary/aromatic N) is 5. The van der Waals surface area contributed by atoms with Gasteiger partial charge >= 0.3 is 5.91 Å². The second kappa shape index (κ2) is 7.21. The fourth-order valence-corrected chi connectivity index (χ4v) is 2.52. The second-order valence-corrected chi connectivity index (χ2v) is 5.82. The Hall–Kier alpha value is -3.09. The molecule has 0 radical (unpaired) electrons. The Balaban J connectivity index is 1.76. The second-order valence-electron chi connectivity index (χ2n) is 5.82. The van der Waals surface area contributed by atoms with Crippen LogP contribution in [-0.2, 0) is 6.42 Å². The van der Waals surface area contributed by atoms with Crippen LogP contribution in [0.15, 0.2) is 41.5 Å². The van der Waals surface area contributed by atoms with Crippen LogP contribution in [0.25, 0.3) is 5.78 Å². The first-order valence-electron chi connectivity index (χ1n) is 8.17. The maximum atomic E-state index is 12.3. The van der Waals surface area contributed by atoms with Crippen molar-refractivity contribution in [3.8, 4) is 0 Å². The van der Waals surface area contributed by atoms with E-state index < -0.39 is 5.91 Å². The van der Waals surface area contributed by atoms with E-state index in [-0.39, 0.29) is 5.82 Å². The van der Waals surface area contributed by atoms with Gasteiger partial charge in [0.05, 0.1) is 0 Å². The molecule has 0 saturated carbocycles. The molecule has 0 aliphatic rings. The summed E-state index contributed by atoms with van der Waals surface area (Å²) >= 11 is 0. The third-order valence-corrected chi connectivity index (χ3v) is 3.80. The van der Waals surface area contributed by atoms with E-state index in [2.05, 4.69) is 25.6 Å². The summed E-state index contributed by atoms with van der Waals surface area (Å²) in [6.07, 6.45) is 1.43. The monoisotopic (exact) mass is 336 g/mol. The predicted octanol–water partition coefficient (Wildman–Crippen LogP) is 2.48. The van der Waals surface area contributed by atoms with Gasteiger partial charge in [-0.2, -0.15) is 10.1 Å². The number of hydrogen-bond donors (Lipinski definition) is 1.